The third-order valence-corrected chi connectivity index (χ3v) is 4.27. The van der Waals surface area contributed by atoms with Gasteiger partial charge in [-0.2, -0.15) is 5.10 Å². The fraction of sp³-hybridized carbons (Fsp3) is 0.778. The molecule has 1 aromatic heterocycles. The summed E-state index contributed by atoms with van der Waals surface area (Å²) in [6.07, 6.45) is 6.41. The second-order valence-electron chi connectivity index (χ2n) is 6.36. The number of aromatic nitrogens is 2. The van der Waals surface area contributed by atoms with Crippen LogP contribution >= 0.6 is 24.0 Å². The monoisotopic (exact) mass is 449 g/mol. The number of unbranched alkanes of at least 4 members (excludes halogenated alkanes) is 3. The van der Waals surface area contributed by atoms with E-state index in [0.717, 1.165) is 18.2 Å². The van der Waals surface area contributed by atoms with Gasteiger partial charge in [0.15, 0.2) is 5.96 Å². The van der Waals surface area contributed by atoms with Crippen molar-refractivity contribution in [2.75, 3.05) is 6.54 Å². The number of hydrogen-bond donors (Lipinski definition) is 2. The maximum absolute atomic E-state index is 4.74. The molecular weight excluding hydrogens is 413 g/mol. The molecular formula is C18H36IN5. The Hall–Kier alpha value is -0.790. The van der Waals surface area contributed by atoms with E-state index in [4.69, 9.17) is 4.99 Å². The van der Waals surface area contributed by atoms with Crippen LogP contribution in [0.2, 0.25) is 0 Å². The van der Waals surface area contributed by atoms with Crippen molar-refractivity contribution in [3.05, 3.63) is 17.0 Å². The number of halogens is 1. The van der Waals surface area contributed by atoms with Gasteiger partial charge in [-0.05, 0) is 34.1 Å². The summed E-state index contributed by atoms with van der Waals surface area (Å²) in [5.74, 6) is 0.901. The first kappa shape index (κ1) is 23.2. The van der Waals surface area contributed by atoms with Crippen molar-refractivity contribution in [2.24, 2.45) is 12.0 Å². The van der Waals surface area contributed by atoms with Crippen LogP contribution in [-0.2, 0) is 13.6 Å². The molecule has 1 unspecified atom stereocenters. The molecule has 0 amide bonds. The molecule has 0 aliphatic rings. The minimum Gasteiger partial charge on any atom is -0.357 e. The van der Waals surface area contributed by atoms with E-state index in [1.54, 1.807) is 0 Å². The normalized spacial score (nSPS) is 12.7. The van der Waals surface area contributed by atoms with Crippen molar-refractivity contribution in [3.63, 3.8) is 0 Å². The van der Waals surface area contributed by atoms with Crippen LogP contribution in [-0.4, -0.2) is 28.3 Å². The standard InChI is InChI=1S/C18H35N5.HI/c1-7-9-10-11-12-14(3)21-18(19-8-2)20-13-17-15(4)22-23(6)16(17)5;/h14H,7-13H2,1-6H3,(H2,19,20,21);1H. The van der Waals surface area contributed by atoms with E-state index in [0.29, 0.717) is 12.6 Å². The number of nitrogens with zero attached hydrogens (tertiary/aromatic N) is 3. The highest BCUT2D eigenvalue weighted by molar-refractivity contribution is 14.0. The van der Waals surface area contributed by atoms with Crippen molar-refractivity contribution in [3.8, 4) is 0 Å². The summed E-state index contributed by atoms with van der Waals surface area (Å²) in [5.41, 5.74) is 3.48. The Morgan fingerprint density at radius 3 is 2.46 bits per heavy atom. The zero-order valence-electron chi connectivity index (χ0n) is 16.3. The van der Waals surface area contributed by atoms with Crippen LogP contribution in [0.4, 0.5) is 0 Å². The van der Waals surface area contributed by atoms with Gasteiger partial charge in [0.1, 0.15) is 0 Å². The van der Waals surface area contributed by atoms with Crippen LogP contribution in [0.25, 0.3) is 0 Å². The fourth-order valence-electron chi connectivity index (χ4n) is 2.71. The average molecular weight is 449 g/mol. The van der Waals surface area contributed by atoms with Gasteiger partial charge in [0, 0.05) is 30.9 Å². The van der Waals surface area contributed by atoms with Gasteiger partial charge in [-0.3, -0.25) is 4.68 Å². The van der Waals surface area contributed by atoms with E-state index in [9.17, 15) is 0 Å². The van der Waals surface area contributed by atoms with E-state index >= 15 is 0 Å². The quantitative estimate of drug-likeness (QED) is 0.259. The van der Waals surface area contributed by atoms with Gasteiger partial charge in [-0.25, -0.2) is 4.99 Å². The van der Waals surface area contributed by atoms with Gasteiger partial charge < -0.3 is 10.6 Å². The third-order valence-electron chi connectivity index (χ3n) is 4.27. The molecule has 5 nitrogen and oxygen atoms in total. The van der Waals surface area contributed by atoms with E-state index < -0.39 is 0 Å². The van der Waals surface area contributed by atoms with Gasteiger partial charge in [0.2, 0.25) is 0 Å². The predicted octanol–water partition coefficient (Wildman–Crippen LogP) is 4.07. The van der Waals surface area contributed by atoms with Gasteiger partial charge in [0.05, 0.1) is 12.2 Å². The van der Waals surface area contributed by atoms with E-state index in [1.165, 1.54) is 43.4 Å². The Labute approximate surface area is 165 Å². The molecule has 140 valence electrons. The minimum atomic E-state index is 0. The molecule has 0 aliphatic heterocycles. The molecule has 0 saturated heterocycles. The lowest BCUT2D eigenvalue weighted by molar-refractivity contribution is 0.537. The lowest BCUT2D eigenvalue weighted by atomic mass is 10.1. The van der Waals surface area contributed by atoms with Crippen molar-refractivity contribution >= 4 is 29.9 Å². The van der Waals surface area contributed by atoms with Crippen LogP contribution in [0.1, 0.15) is 69.8 Å². The largest absolute Gasteiger partial charge is 0.357 e. The lowest BCUT2D eigenvalue weighted by Gasteiger charge is -2.17. The zero-order chi connectivity index (χ0) is 17.2. The molecule has 2 N–H and O–H groups in total. The Balaban J connectivity index is 0.00000529. The highest BCUT2D eigenvalue weighted by atomic mass is 127. The number of aryl methyl sites for hydroxylation is 2. The molecule has 0 radical (unpaired) electrons. The van der Waals surface area contributed by atoms with Crippen LogP contribution in [0.3, 0.4) is 0 Å². The molecule has 0 aromatic carbocycles. The maximum Gasteiger partial charge on any atom is 0.191 e. The summed E-state index contributed by atoms with van der Waals surface area (Å²) < 4.78 is 1.93. The van der Waals surface area contributed by atoms with Gasteiger partial charge >= 0.3 is 0 Å². The molecule has 24 heavy (non-hydrogen) atoms. The SMILES string of the molecule is CCCCCCC(C)NC(=NCc1c(C)nn(C)c1C)NCC.I. The van der Waals surface area contributed by atoms with Crippen molar-refractivity contribution in [1.82, 2.24) is 20.4 Å². The Kier molecular flexibility index (Phi) is 12.1. The first-order chi connectivity index (χ1) is 11.0. The third kappa shape index (κ3) is 7.85. The van der Waals surface area contributed by atoms with Crippen molar-refractivity contribution in [1.29, 1.82) is 0 Å². The van der Waals surface area contributed by atoms with Gasteiger partial charge in [-0.15, -0.1) is 24.0 Å². The van der Waals surface area contributed by atoms with Crippen LogP contribution < -0.4 is 10.6 Å². The summed E-state index contributed by atoms with van der Waals surface area (Å²) in [4.78, 5) is 4.74. The van der Waals surface area contributed by atoms with Crippen LogP contribution in [0.15, 0.2) is 4.99 Å². The van der Waals surface area contributed by atoms with Crippen molar-refractivity contribution in [2.45, 2.75) is 79.3 Å². The number of hydrogen-bond acceptors (Lipinski definition) is 2. The molecule has 6 heteroatoms. The minimum absolute atomic E-state index is 0. The lowest BCUT2D eigenvalue weighted by Crippen LogP contribution is -2.42. The van der Waals surface area contributed by atoms with E-state index in [2.05, 4.69) is 50.4 Å². The number of nitrogens with one attached hydrogen (secondary N) is 2. The number of rotatable bonds is 9. The highest BCUT2D eigenvalue weighted by Crippen LogP contribution is 2.13. The molecule has 1 heterocycles. The predicted molar refractivity (Wildman–Crippen MR) is 114 cm³/mol. The Bertz CT molecular complexity index is 496. The van der Waals surface area contributed by atoms with Gasteiger partial charge in [0.25, 0.3) is 0 Å². The zero-order valence-corrected chi connectivity index (χ0v) is 18.6. The topological polar surface area (TPSA) is 54.2 Å². The number of guanidine groups is 1. The molecule has 0 aliphatic carbocycles. The average Bonchev–Trinajstić information content (AvgIpc) is 2.75. The smallest absolute Gasteiger partial charge is 0.191 e. The summed E-state index contributed by atoms with van der Waals surface area (Å²) in [6.45, 7) is 12.3. The molecule has 1 rings (SSSR count). The van der Waals surface area contributed by atoms with E-state index in [-0.39, 0.29) is 24.0 Å². The summed E-state index contributed by atoms with van der Waals surface area (Å²) in [5, 5.41) is 11.3. The summed E-state index contributed by atoms with van der Waals surface area (Å²) >= 11 is 0. The fourth-order valence-corrected chi connectivity index (χ4v) is 2.71. The summed E-state index contributed by atoms with van der Waals surface area (Å²) in [7, 11) is 1.98. The molecule has 0 bridgehead atoms. The number of aliphatic imine (C=N–C) groups is 1. The Morgan fingerprint density at radius 2 is 1.92 bits per heavy atom. The van der Waals surface area contributed by atoms with Crippen LogP contribution in [0, 0.1) is 13.8 Å². The second kappa shape index (κ2) is 12.6. The summed E-state index contributed by atoms with van der Waals surface area (Å²) in [6, 6.07) is 0.445. The maximum atomic E-state index is 4.74. The molecule has 0 fully saturated rings. The molecule has 1 atom stereocenters. The highest BCUT2D eigenvalue weighted by Gasteiger charge is 2.10. The second-order valence-corrected chi connectivity index (χ2v) is 6.36. The first-order valence-corrected chi connectivity index (χ1v) is 9.03. The molecule has 1 aromatic rings. The van der Waals surface area contributed by atoms with Gasteiger partial charge in [-0.1, -0.05) is 32.6 Å². The Morgan fingerprint density at radius 1 is 1.21 bits per heavy atom. The van der Waals surface area contributed by atoms with E-state index in [1.807, 2.05) is 11.7 Å². The first-order valence-electron chi connectivity index (χ1n) is 9.03. The molecule has 0 spiro atoms. The molecule has 0 saturated carbocycles. The van der Waals surface area contributed by atoms with Crippen molar-refractivity contribution < 1.29 is 0 Å². The van der Waals surface area contributed by atoms with Crippen LogP contribution in [0.5, 0.6) is 0 Å².